The Morgan fingerprint density at radius 3 is 2.33 bits per heavy atom. The van der Waals surface area contributed by atoms with Gasteiger partial charge in [0.05, 0.1) is 18.3 Å². The van der Waals surface area contributed by atoms with Gasteiger partial charge >= 0.3 is 5.97 Å². The fourth-order valence-corrected chi connectivity index (χ4v) is 3.66. The van der Waals surface area contributed by atoms with Crippen molar-refractivity contribution in [2.45, 2.75) is 23.4 Å². The molecule has 0 fully saturated rings. The second-order valence-electron chi connectivity index (χ2n) is 6.36. The van der Waals surface area contributed by atoms with E-state index in [9.17, 15) is 9.59 Å². The summed E-state index contributed by atoms with van der Waals surface area (Å²) in [5.74, 6) is -0.450. The highest BCUT2D eigenvalue weighted by Gasteiger charge is 2.25. The van der Waals surface area contributed by atoms with E-state index in [0.717, 1.165) is 11.1 Å². The lowest BCUT2D eigenvalue weighted by Crippen LogP contribution is -2.43. The SMILES string of the molecule is COC(=O)C(Cc1ccccc1)NC(=O)c1nc(SCc2ccccc2)ncc1Cl. The molecule has 0 saturated heterocycles. The first-order valence-electron chi connectivity index (χ1n) is 9.18. The molecule has 0 aliphatic carbocycles. The zero-order valence-electron chi connectivity index (χ0n) is 16.2. The van der Waals surface area contributed by atoms with Gasteiger partial charge in [-0.1, -0.05) is 84.0 Å². The van der Waals surface area contributed by atoms with Gasteiger partial charge in [0.1, 0.15) is 6.04 Å². The Bertz CT molecular complexity index is 1000. The lowest BCUT2D eigenvalue weighted by Gasteiger charge is -2.17. The third-order valence-electron chi connectivity index (χ3n) is 4.22. The number of nitrogens with one attached hydrogen (secondary N) is 1. The summed E-state index contributed by atoms with van der Waals surface area (Å²) >= 11 is 7.55. The number of methoxy groups -OCH3 is 1. The molecular formula is C22H20ClN3O3S. The lowest BCUT2D eigenvalue weighted by molar-refractivity contribution is -0.142. The number of hydrogen-bond acceptors (Lipinski definition) is 6. The van der Waals surface area contributed by atoms with Crippen molar-refractivity contribution < 1.29 is 14.3 Å². The van der Waals surface area contributed by atoms with Gasteiger partial charge in [-0.25, -0.2) is 14.8 Å². The molecule has 1 atom stereocenters. The fourth-order valence-electron chi connectivity index (χ4n) is 2.71. The van der Waals surface area contributed by atoms with Crippen molar-refractivity contribution in [2.24, 2.45) is 0 Å². The van der Waals surface area contributed by atoms with Crippen LogP contribution in [-0.2, 0) is 21.7 Å². The summed E-state index contributed by atoms with van der Waals surface area (Å²) in [5, 5.41) is 3.21. The van der Waals surface area contributed by atoms with Crippen molar-refractivity contribution >= 4 is 35.2 Å². The van der Waals surface area contributed by atoms with Gasteiger partial charge in [0, 0.05) is 12.2 Å². The Balaban J connectivity index is 1.72. The number of halogens is 1. The van der Waals surface area contributed by atoms with Crippen LogP contribution in [0.2, 0.25) is 5.02 Å². The molecule has 0 aliphatic rings. The number of carbonyl (C=O) groups excluding carboxylic acids is 2. The van der Waals surface area contributed by atoms with E-state index in [-0.39, 0.29) is 17.1 Å². The number of amides is 1. The first-order chi connectivity index (χ1) is 14.6. The number of esters is 1. The molecule has 0 spiro atoms. The summed E-state index contributed by atoms with van der Waals surface area (Å²) in [7, 11) is 1.28. The second kappa shape index (κ2) is 10.8. The maximum absolute atomic E-state index is 12.8. The Morgan fingerprint density at radius 2 is 1.70 bits per heavy atom. The largest absolute Gasteiger partial charge is 0.467 e. The molecule has 0 aliphatic heterocycles. The number of ether oxygens (including phenoxy) is 1. The summed E-state index contributed by atoms with van der Waals surface area (Å²) in [5.41, 5.74) is 2.02. The molecule has 6 nitrogen and oxygen atoms in total. The lowest BCUT2D eigenvalue weighted by atomic mass is 10.1. The maximum atomic E-state index is 12.8. The van der Waals surface area contributed by atoms with Crippen LogP contribution in [0.25, 0.3) is 0 Å². The maximum Gasteiger partial charge on any atom is 0.328 e. The van der Waals surface area contributed by atoms with E-state index in [1.54, 1.807) is 0 Å². The minimum Gasteiger partial charge on any atom is -0.467 e. The molecule has 154 valence electrons. The van der Waals surface area contributed by atoms with Crippen LogP contribution in [0.15, 0.2) is 72.0 Å². The molecular weight excluding hydrogens is 422 g/mol. The van der Waals surface area contributed by atoms with Gasteiger partial charge in [0.2, 0.25) is 0 Å². The highest BCUT2D eigenvalue weighted by atomic mass is 35.5. The molecule has 0 saturated carbocycles. The van der Waals surface area contributed by atoms with E-state index < -0.39 is 17.9 Å². The van der Waals surface area contributed by atoms with Crippen molar-refractivity contribution in [3.8, 4) is 0 Å². The first-order valence-corrected chi connectivity index (χ1v) is 10.5. The predicted molar refractivity (Wildman–Crippen MR) is 116 cm³/mol. The average Bonchev–Trinajstić information content (AvgIpc) is 2.78. The molecule has 30 heavy (non-hydrogen) atoms. The van der Waals surface area contributed by atoms with E-state index in [0.29, 0.717) is 10.9 Å². The third-order valence-corrected chi connectivity index (χ3v) is 5.43. The average molecular weight is 442 g/mol. The summed E-state index contributed by atoms with van der Waals surface area (Å²) < 4.78 is 4.84. The minimum absolute atomic E-state index is 0.0178. The summed E-state index contributed by atoms with van der Waals surface area (Å²) in [4.78, 5) is 33.5. The molecule has 3 aromatic rings. The van der Waals surface area contributed by atoms with Crippen LogP contribution < -0.4 is 5.32 Å². The normalized spacial score (nSPS) is 11.5. The Morgan fingerprint density at radius 1 is 1.07 bits per heavy atom. The van der Waals surface area contributed by atoms with Gasteiger partial charge in [0.15, 0.2) is 10.9 Å². The molecule has 1 unspecified atom stereocenters. The Labute approximate surface area is 184 Å². The molecule has 1 heterocycles. The monoisotopic (exact) mass is 441 g/mol. The van der Waals surface area contributed by atoms with E-state index in [1.165, 1.54) is 25.1 Å². The number of nitrogens with zero attached hydrogens (tertiary/aromatic N) is 2. The topological polar surface area (TPSA) is 81.2 Å². The quantitative estimate of drug-likeness (QED) is 0.324. The number of carbonyl (C=O) groups is 2. The van der Waals surface area contributed by atoms with E-state index in [1.807, 2.05) is 60.7 Å². The van der Waals surface area contributed by atoms with E-state index >= 15 is 0 Å². The molecule has 0 bridgehead atoms. The van der Waals surface area contributed by atoms with Gasteiger partial charge in [-0.15, -0.1) is 0 Å². The van der Waals surface area contributed by atoms with E-state index in [2.05, 4.69) is 15.3 Å². The van der Waals surface area contributed by atoms with Gasteiger partial charge in [0.25, 0.3) is 5.91 Å². The predicted octanol–water partition coefficient (Wildman–Crippen LogP) is 3.94. The van der Waals surface area contributed by atoms with Crippen molar-refractivity contribution in [1.82, 2.24) is 15.3 Å². The van der Waals surface area contributed by atoms with Crippen LogP contribution in [0.4, 0.5) is 0 Å². The van der Waals surface area contributed by atoms with Gasteiger partial charge in [-0.05, 0) is 11.1 Å². The minimum atomic E-state index is -0.864. The second-order valence-corrected chi connectivity index (χ2v) is 7.71. The molecule has 2 aromatic carbocycles. The van der Waals surface area contributed by atoms with Crippen molar-refractivity contribution in [2.75, 3.05) is 7.11 Å². The molecule has 1 amide bonds. The van der Waals surface area contributed by atoms with Crippen LogP contribution in [0.3, 0.4) is 0 Å². The van der Waals surface area contributed by atoms with Gasteiger partial charge < -0.3 is 10.1 Å². The van der Waals surface area contributed by atoms with Crippen molar-refractivity contribution in [3.05, 3.63) is 88.7 Å². The van der Waals surface area contributed by atoms with Crippen molar-refractivity contribution in [1.29, 1.82) is 0 Å². The number of hydrogen-bond donors (Lipinski definition) is 1. The van der Waals surface area contributed by atoms with Crippen molar-refractivity contribution in [3.63, 3.8) is 0 Å². The van der Waals surface area contributed by atoms with Crippen LogP contribution in [0.1, 0.15) is 21.6 Å². The highest BCUT2D eigenvalue weighted by molar-refractivity contribution is 7.98. The highest BCUT2D eigenvalue weighted by Crippen LogP contribution is 2.22. The standard InChI is InChI=1S/C22H20ClN3O3S/c1-29-21(28)18(12-15-8-4-2-5-9-15)25-20(27)19-17(23)13-24-22(26-19)30-14-16-10-6-3-7-11-16/h2-11,13,18H,12,14H2,1H3,(H,25,27). The first kappa shape index (κ1) is 21.8. The fraction of sp³-hybridized carbons (Fsp3) is 0.182. The number of thioether (sulfide) groups is 1. The smallest absolute Gasteiger partial charge is 0.328 e. The Hall–Kier alpha value is -2.90. The number of benzene rings is 2. The summed E-state index contributed by atoms with van der Waals surface area (Å²) in [6.07, 6.45) is 1.68. The zero-order valence-corrected chi connectivity index (χ0v) is 17.8. The molecule has 8 heteroatoms. The molecule has 0 radical (unpaired) electrons. The molecule has 1 aromatic heterocycles. The number of rotatable bonds is 8. The number of aromatic nitrogens is 2. The van der Waals surface area contributed by atoms with Gasteiger partial charge in [-0.2, -0.15) is 0 Å². The van der Waals surface area contributed by atoms with Crippen LogP contribution in [0, 0.1) is 0 Å². The summed E-state index contributed by atoms with van der Waals surface area (Å²) in [6, 6.07) is 18.3. The molecule has 1 N–H and O–H groups in total. The van der Waals surface area contributed by atoms with E-state index in [4.69, 9.17) is 16.3 Å². The van der Waals surface area contributed by atoms with Gasteiger partial charge in [-0.3, -0.25) is 4.79 Å². The molecule has 3 rings (SSSR count). The third kappa shape index (κ3) is 6.05. The summed E-state index contributed by atoms with van der Waals surface area (Å²) in [6.45, 7) is 0. The van der Waals surface area contributed by atoms with Crippen LogP contribution in [0.5, 0.6) is 0 Å². The Kier molecular flexibility index (Phi) is 7.82. The zero-order chi connectivity index (χ0) is 21.3. The van der Waals surface area contributed by atoms with Crippen LogP contribution in [-0.4, -0.2) is 35.0 Å². The van der Waals surface area contributed by atoms with Crippen LogP contribution >= 0.6 is 23.4 Å².